The van der Waals surface area contributed by atoms with Crippen LogP contribution in [0, 0.1) is 5.92 Å². The van der Waals surface area contributed by atoms with Crippen molar-refractivity contribution in [1.82, 2.24) is 4.90 Å². The molecule has 1 unspecified atom stereocenters. The fourth-order valence-corrected chi connectivity index (χ4v) is 2.54. The number of amides is 1. The Kier molecular flexibility index (Phi) is 6.78. The van der Waals surface area contributed by atoms with E-state index in [0.29, 0.717) is 12.2 Å². The molecule has 0 aliphatic heterocycles. The maximum absolute atomic E-state index is 11.8. The molecule has 0 heterocycles. The summed E-state index contributed by atoms with van der Waals surface area (Å²) < 4.78 is 5.23. The van der Waals surface area contributed by atoms with Crippen molar-refractivity contribution in [2.75, 3.05) is 12.4 Å². The van der Waals surface area contributed by atoms with Gasteiger partial charge in [0.1, 0.15) is 11.6 Å². The van der Waals surface area contributed by atoms with Crippen molar-refractivity contribution in [3.8, 4) is 0 Å². The minimum Gasteiger partial charge on any atom is -0.480 e. The molecule has 2 N–H and O–H groups in total. The lowest BCUT2D eigenvalue weighted by Crippen LogP contribution is -2.41. The summed E-state index contributed by atoms with van der Waals surface area (Å²) in [7, 11) is 1.78. The summed E-state index contributed by atoms with van der Waals surface area (Å²) in [5.41, 5.74) is 0.970. The van der Waals surface area contributed by atoms with E-state index >= 15 is 0 Å². The monoisotopic (exact) mass is 336 g/mol. The summed E-state index contributed by atoms with van der Waals surface area (Å²) in [6, 6.07) is 6.74. The second kappa shape index (κ2) is 8.15. The van der Waals surface area contributed by atoms with Crippen molar-refractivity contribution in [3.63, 3.8) is 0 Å². The van der Waals surface area contributed by atoms with Gasteiger partial charge in [-0.3, -0.25) is 15.0 Å². The molecule has 1 amide bonds. The maximum atomic E-state index is 11.8. The van der Waals surface area contributed by atoms with E-state index in [2.05, 4.69) is 5.32 Å². The van der Waals surface area contributed by atoms with Gasteiger partial charge in [-0.05, 0) is 51.4 Å². The van der Waals surface area contributed by atoms with Crippen LogP contribution in [0.15, 0.2) is 24.3 Å². The molecule has 6 heteroatoms. The SMILES string of the molecule is CC(C)C(C(=O)O)N(C)Cc1cccc(NC(=O)OC(C)(C)C)c1. The zero-order chi connectivity index (χ0) is 18.5. The summed E-state index contributed by atoms with van der Waals surface area (Å²) in [5, 5.41) is 12.0. The van der Waals surface area contributed by atoms with Gasteiger partial charge in [0, 0.05) is 12.2 Å². The van der Waals surface area contributed by atoms with Crippen LogP contribution in [0.1, 0.15) is 40.2 Å². The molecule has 0 saturated carbocycles. The first-order valence-electron chi connectivity index (χ1n) is 8.01. The van der Waals surface area contributed by atoms with Gasteiger partial charge in [-0.15, -0.1) is 0 Å². The van der Waals surface area contributed by atoms with Crippen LogP contribution >= 0.6 is 0 Å². The van der Waals surface area contributed by atoms with Crippen molar-refractivity contribution in [2.24, 2.45) is 5.92 Å². The molecule has 0 fully saturated rings. The third-order valence-corrected chi connectivity index (χ3v) is 3.36. The second-order valence-electron chi connectivity index (χ2n) is 7.27. The smallest absolute Gasteiger partial charge is 0.412 e. The highest BCUT2D eigenvalue weighted by atomic mass is 16.6. The number of hydrogen-bond acceptors (Lipinski definition) is 4. The minimum atomic E-state index is -0.837. The number of carbonyl (C=O) groups excluding carboxylic acids is 1. The quantitative estimate of drug-likeness (QED) is 0.830. The number of nitrogens with one attached hydrogen (secondary N) is 1. The molecule has 0 saturated heterocycles. The lowest BCUT2D eigenvalue weighted by atomic mass is 10.0. The van der Waals surface area contributed by atoms with E-state index in [1.807, 2.05) is 32.0 Å². The third kappa shape index (κ3) is 6.58. The second-order valence-corrected chi connectivity index (χ2v) is 7.27. The Balaban J connectivity index is 2.78. The van der Waals surface area contributed by atoms with Crippen LogP contribution in [-0.2, 0) is 16.1 Å². The fourth-order valence-electron chi connectivity index (χ4n) is 2.54. The van der Waals surface area contributed by atoms with Crippen molar-refractivity contribution in [2.45, 2.75) is 52.8 Å². The molecule has 134 valence electrons. The Labute approximate surface area is 143 Å². The number of carboxylic acids is 1. The summed E-state index contributed by atoms with van der Waals surface area (Å²) in [6.45, 7) is 9.65. The van der Waals surface area contributed by atoms with Crippen LogP contribution in [0.5, 0.6) is 0 Å². The zero-order valence-corrected chi connectivity index (χ0v) is 15.3. The topological polar surface area (TPSA) is 78.9 Å². The van der Waals surface area contributed by atoms with Gasteiger partial charge >= 0.3 is 12.1 Å². The Morgan fingerprint density at radius 3 is 2.42 bits per heavy atom. The lowest BCUT2D eigenvalue weighted by Gasteiger charge is -2.27. The molecule has 6 nitrogen and oxygen atoms in total. The first kappa shape index (κ1) is 20.0. The Bertz CT molecular complexity index is 579. The number of carbonyl (C=O) groups is 2. The van der Waals surface area contributed by atoms with E-state index in [9.17, 15) is 14.7 Å². The van der Waals surface area contributed by atoms with Gasteiger partial charge in [-0.25, -0.2) is 4.79 Å². The number of carboxylic acid groups (broad SMARTS) is 1. The zero-order valence-electron chi connectivity index (χ0n) is 15.3. The van der Waals surface area contributed by atoms with Gasteiger partial charge in [0.05, 0.1) is 0 Å². The van der Waals surface area contributed by atoms with Crippen LogP contribution < -0.4 is 5.32 Å². The van der Waals surface area contributed by atoms with Gasteiger partial charge in [0.15, 0.2) is 0 Å². The van der Waals surface area contributed by atoms with E-state index in [1.165, 1.54) is 0 Å². The molecule has 0 bridgehead atoms. The largest absolute Gasteiger partial charge is 0.480 e. The average molecular weight is 336 g/mol. The molecule has 1 rings (SSSR count). The predicted octanol–water partition coefficient (Wildman–Crippen LogP) is 3.57. The number of benzene rings is 1. The highest BCUT2D eigenvalue weighted by Gasteiger charge is 2.26. The standard InChI is InChI=1S/C18H28N2O4/c1-12(2)15(16(21)22)20(6)11-13-8-7-9-14(10-13)19-17(23)24-18(3,4)5/h7-10,12,15H,11H2,1-6H3,(H,19,23)(H,21,22). The maximum Gasteiger partial charge on any atom is 0.412 e. The number of hydrogen-bond donors (Lipinski definition) is 2. The number of likely N-dealkylation sites (N-methyl/N-ethyl adjacent to an activating group) is 1. The molecule has 0 aliphatic carbocycles. The van der Waals surface area contributed by atoms with Gasteiger partial charge in [-0.1, -0.05) is 26.0 Å². The Hall–Kier alpha value is -2.08. The molecule has 0 spiro atoms. The van der Waals surface area contributed by atoms with E-state index in [-0.39, 0.29) is 5.92 Å². The van der Waals surface area contributed by atoms with Crippen molar-refractivity contribution in [1.29, 1.82) is 0 Å². The molecule has 24 heavy (non-hydrogen) atoms. The third-order valence-electron chi connectivity index (χ3n) is 3.36. The fraction of sp³-hybridized carbons (Fsp3) is 0.556. The summed E-state index contributed by atoms with van der Waals surface area (Å²) >= 11 is 0. The van der Waals surface area contributed by atoms with Crippen LogP contribution in [0.4, 0.5) is 10.5 Å². The summed E-state index contributed by atoms with van der Waals surface area (Å²) in [6.07, 6.45) is -0.515. The first-order chi connectivity index (χ1) is 11.0. The molecular formula is C18H28N2O4. The number of ether oxygens (including phenoxy) is 1. The van der Waals surface area contributed by atoms with Crippen molar-refractivity contribution < 1.29 is 19.4 Å². The molecule has 0 radical (unpaired) electrons. The van der Waals surface area contributed by atoms with Crippen LogP contribution in [0.2, 0.25) is 0 Å². The molecule has 0 aliphatic rings. The van der Waals surface area contributed by atoms with Crippen molar-refractivity contribution in [3.05, 3.63) is 29.8 Å². The van der Waals surface area contributed by atoms with E-state index in [0.717, 1.165) is 5.56 Å². The summed E-state index contributed by atoms with van der Waals surface area (Å²) in [4.78, 5) is 25.0. The Morgan fingerprint density at radius 2 is 1.92 bits per heavy atom. The van der Waals surface area contributed by atoms with Gasteiger partial charge in [0.2, 0.25) is 0 Å². The highest BCUT2D eigenvalue weighted by Crippen LogP contribution is 2.17. The first-order valence-corrected chi connectivity index (χ1v) is 8.01. The number of rotatable bonds is 6. The van der Waals surface area contributed by atoms with Gasteiger partial charge in [-0.2, -0.15) is 0 Å². The number of anilines is 1. The molecule has 1 aromatic carbocycles. The predicted molar refractivity (Wildman–Crippen MR) is 94.0 cm³/mol. The van der Waals surface area contributed by atoms with Crippen LogP contribution in [0.25, 0.3) is 0 Å². The number of aliphatic carboxylic acids is 1. The molecular weight excluding hydrogens is 308 g/mol. The average Bonchev–Trinajstić information content (AvgIpc) is 2.35. The van der Waals surface area contributed by atoms with Crippen LogP contribution in [-0.4, -0.2) is 40.8 Å². The minimum absolute atomic E-state index is 0.00410. The molecule has 1 atom stereocenters. The Morgan fingerprint density at radius 1 is 1.29 bits per heavy atom. The van der Waals surface area contributed by atoms with Gasteiger partial charge < -0.3 is 9.84 Å². The lowest BCUT2D eigenvalue weighted by molar-refractivity contribution is -0.144. The van der Waals surface area contributed by atoms with E-state index < -0.39 is 23.7 Å². The molecule has 1 aromatic rings. The van der Waals surface area contributed by atoms with Crippen molar-refractivity contribution >= 4 is 17.7 Å². The molecule has 0 aromatic heterocycles. The summed E-state index contributed by atoms with van der Waals surface area (Å²) in [5.74, 6) is -0.842. The van der Waals surface area contributed by atoms with E-state index in [4.69, 9.17) is 4.74 Å². The van der Waals surface area contributed by atoms with Gasteiger partial charge in [0.25, 0.3) is 0 Å². The number of nitrogens with zero attached hydrogens (tertiary/aromatic N) is 1. The van der Waals surface area contributed by atoms with E-state index in [1.54, 1.807) is 38.8 Å². The highest BCUT2D eigenvalue weighted by molar-refractivity contribution is 5.84. The normalized spacial score (nSPS) is 13.0. The van der Waals surface area contributed by atoms with Crippen LogP contribution in [0.3, 0.4) is 0 Å².